The zero-order valence-electron chi connectivity index (χ0n) is 11.0. The number of nitrogens with zero attached hydrogens (tertiary/aromatic N) is 1. The molecule has 0 radical (unpaired) electrons. The minimum atomic E-state index is -1.000. The van der Waals surface area contributed by atoms with Crippen molar-refractivity contribution in [3.8, 4) is 5.75 Å². The molecule has 4 nitrogen and oxygen atoms in total. The number of rotatable bonds is 5. The molecular formula is C13H18BrNO3. The van der Waals surface area contributed by atoms with Crippen molar-refractivity contribution in [2.45, 2.75) is 19.4 Å². The third-order valence-electron chi connectivity index (χ3n) is 2.98. The van der Waals surface area contributed by atoms with Crippen LogP contribution in [0.4, 0.5) is 0 Å². The van der Waals surface area contributed by atoms with E-state index in [0.717, 1.165) is 0 Å². The summed E-state index contributed by atoms with van der Waals surface area (Å²) >= 11 is 3.23. The molecule has 0 saturated carbocycles. The molecule has 18 heavy (non-hydrogen) atoms. The Morgan fingerprint density at radius 1 is 1.44 bits per heavy atom. The predicted molar refractivity (Wildman–Crippen MR) is 74.4 cm³/mol. The Kier molecular flexibility index (Phi) is 4.76. The van der Waals surface area contributed by atoms with E-state index in [1.165, 1.54) is 0 Å². The molecule has 100 valence electrons. The summed E-state index contributed by atoms with van der Waals surface area (Å²) in [4.78, 5) is 13.2. The molecule has 5 heteroatoms. The van der Waals surface area contributed by atoms with Crippen molar-refractivity contribution < 1.29 is 14.6 Å². The highest BCUT2D eigenvalue weighted by Crippen LogP contribution is 2.27. The molecule has 0 heterocycles. The van der Waals surface area contributed by atoms with Crippen LogP contribution in [-0.2, 0) is 0 Å². The van der Waals surface area contributed by atoms with Gasteiger partial charge in [0.2, 0.25) is 0 Å². The van der Waals surface area contributed by atoms with Gasteiger partial charge in [-0.1, -0.05) is 6.07 Å². The Bertz CT molecular complexity index is 444. The van der Waals surface area contributed by atoms with Crippen LogP contribution in [0.5, 0.6) is 5.75 Å². The van der Waals surface area contributed by atoms with Gasteiger partial charge in [0.1, 0.15) is 17.9 Å². The summed E-state index contributed by atoms with van der Waals surface area (Å²) in [6.45, 7) is 4.48. The van der Waals surface area contributed by atoms with Crippen LogP contribution in [-0.4, -0.2) is 42.2 Å². The third kappa shape index (κ3) is 3.46. The van der Waals surface area contributed by atoms with Crippen LogP contribution >= 0.6 is 15.9 Å². The van der Waals surface area contributed by atoms with Crippen LogP contribution in [0.2, 0.25) is 0 Å². The van der Waals surface area contributed by atoms with Crippen molar-refractivity contribution in [3.63, 3.8) is 0 Å². The number of benzene rings is 1. The average Bonchev–Trinajstić information content (AvgIpc) is 2.25. The zero-order valence-corrected chi connectivity index (χ0v) is 12.6. The number of halogens is 1. The topological polar surface area (TPSA) is 49.8 Å². The third-order valence-corrected chi connectivity index (χ3v) is 3.64. The maximum absolute atomic E-state index is 11.2. The lowest BCUT2D eigenvalue weighted by Gasteiger charge is -2.32. The molecule has 0 amide bonds. The van der Waals surface area contributed by atoms with E-state index in [1.807, 2.05) is 32.8 Å². The fraction of sp³-hybridized carbons (Fsp3) is 0.462. The van der Waals surface area contributed by atoms with Crippen LogP contribution in [0.15, 0.2) is 22.7 Å². The van der Waals surface area contributed by atoms with E-state index in [9.17, 15) is 4.79 Å². The smallest absolute Gasteiger partial charge is 0.340 e. The van der Waals surface area contributed by atoms with Gasteiger partial charge in [-0.3, -0.25) is 0 Å². The maximum atomic E-state index is 11.2. The monoisotopic (exact) mass is 315 g/mol. The summed E-state index contributed by atoms with van der Waals surface area (Å²) in [7, 11) is 3.92. The van der Waals surface area contributed by atoms with E-state index in [2.05, 4.69) is 15.9 Å². The molecule has 0 aliphatic rings. The van der Waals surface area contributed by atoms with Crippen molar-refractivity contribution in [2.24, 2.45) is 0 Å². The molecule has 0 fully saturated rings. The number of hydrogen-bond acceptors (Lipinski definition) is 3. The SMILES string of the molecule is CN(C)C(C)(C)COc1cccc(Br)c1C(=O)O. The Balaban J connectivity index is 2.92. The van der Waals surface area contributed by atoms with E-state index >= 15 is 0 Å². The van der Waals surface area contributed by atoms with Crippen molar-refractivity contribution in [1.82, 2.24) is 4.90 Å². The first kappa shape index (κ1) is 15.0. The van der Waals surface area contributed by atoms with E-state index in [4.69, 9.17) is 9.84 Å². The van der Waals surface area contributed by atoms with Crippen molar-refractivity contribution >= 4 is 21.9 Å². The molecule has 1 aromatic carbocycles. The van der Waals surface area contributed by atoms with Gasteiger partial charge in [-0.05, 0) is 56.0 Å². The Labute approximate surface area is 116 Å². The lowest BCUT2D eigenvalue weighted by molar-refractivity contribution is 0.0683. The number of aromatic carboxylic acids is 1. The molecule has 0 bridgehead atoms. The molecule has 1 rings (SSSR count). The zero-order chi connectivity index (χ0) is 13.9. The van der Waals surface area contributed by atoms with Gasteiger partial charge in [0.15, 0.2) is 0 Å². The van der Waals surface area contributed by atoms with Crippen LogP contribution < -0.4 is 4.74 Å². The summed E-state index contributed by atoms with van der Waals surface area (Å²) in [5, 5.41) is 9.16. The van der Waals surface area contributed by atoms with Crippen molar-refractivity contribution in [2.75, 3.05) is 20.7 Å². The van der Waals surface area contributed by atoms with Crippen molar-refractivity contribution in [3.05, 3.63) is 28.2 Å². The quantitative estimate of drug-likeness (QED) is 0.907. The molecule has 1 aromatic rings. The molecule has 0 aliphatic carbocycles. The van der Waals surface area contributed by atoms with E-state index in [1.54, 1.807) is 18.2 Å². The summed E-state index contributed by atoms with van der Waals surface area (Å²) in [6.07, 6.45) is 0. The molecule has 0 aliphatic heterocycles. The van der Waals surface area contributed by atoms with E-state index in [-0.39, 0.29) is 11.1 Å². The maximum Gasteiger partial charge on any atom is 0.340 e. The summed E-state index contributed by atoms with van der Waals surface area (Å²) in [5.41, 5.74) is -0.00925. The molecular weight excluding hydrogens is 298 g/mol. The highest BCUT2D eigenvalue weighted by Gasteiger charge is 2.23. The number of carboxylic acids is 1. The highest BCUT2D eigenvalue weighted by molar-refractivity contribution is 9.10. The largest absolute Gasteiger partial charge is 0.491 e. The second-order valence-corrected chi connectivity index (χ2v) is 5.77. The van der Waals surface area contributed by atoms with Crippen LogP contribution in [0.3, 0.4) is 0 Å². The van der Waals surface area contributed by atoms with Crippen molar-refractivity contribution in [1.29, 1.82) is 0 Å². The van der Waals surface area contributed by atoms with Gasteiger partial charge in [0.25, 0.3) is 0 Å². The number of carbonyl (C=O) groups is 1. The molecule has 0 unspecified atom stereocenters. The first-order valence-electron chi connectivity index (χ1n) is 5.58. The normalized spacial score (nSPS) is 11.7. The number of likely N-dealkylation sites (N-methyl/N-ethyl adjacent to an activating group) is 1. The fourth-order valence-electron chi connectivity index (χ4n) is 1.22. The average molecular weight is 316 g/mol. The summed E-state index contributed by atoms with van der Waals surface area (Å²) in [6, 6.07) is 5.11. The van der Waals surface area contributed by atoms with Gasteiger partial charge in [-0.2, -0.15) is 0 Å². The Hall–Kier alpha value is -1.07. The lowest BCUT2D eigenvalue weighted by Crippen LogP contribution is -2.43. The van der Waals surface area contributed by atoms with Crippen LogP contribution in [0, 0.1) is 0 Å². The standard InChI is InChI=1S/C13H18BrNO3/c1-13(2,15(3)4)8-18-10-7-5-6-9(14)11(10)12(16)17/h5-7H,8H2,1-4H3,(H,16,17). The molecule has 0 aromatic heterocycles. The van der Waals surface area contributed by atoms with E-state index in [0.29, 0.717) is 16.8 Å². The molecule has 1 N–H and O–H groups in total. The predicted octanol–water partition coefficient (Wildman–Crippen LogP) is 2.87. The van der Waals surface area contributed by atoms with Gasteiger partial charge in [0, 0.05) is 10.0 Å². The van der Waals surface area contributed by atoms with E-state index < -0.39 is 5.97 Å². The van der Waals surface area contributed by atoms with Gasteiger partial charge in [-0.25, -0.2) is 4.79 Å². The number of carboxylic acid groups (broad SMARTS) is 1. The van der Waals surface area contributed by atoms with Gasteiger partial charge in [-0.15, -0.1) is 0 Å². The molecule has 0 saturated heterocycles. The number of hydrogen-bond donors (Lipinski definition) is 1. The summed E-state index contributed by atoms with van der Waals surface area (Å²) < 4.78 is 6.18. The molecule has 0 spiro atoms. The van der Waals surface area contributed by atoms with Gasteiger partial charge < -0.3 is 14.7 Å². The Morgan fingerprint density at radius 3 is 2.56 bits per heavy atom. The fourth-order valence-corrected chi connectivity index (χ4v) is 1.73. The Morgan fingerprint density at radius 2 is 2.06 bits per heavy atom. The van der Waals surface area contributed by atoms with Gasteiger partial charge >= 0.3 is 5.97 Å². The second kappa shape index (κ2) is 5.71. The summed E-state index contributed by atoms with van der Waals surface area (Å²) in [5.74, 6) is -0.619. The highest BCUT2D eigenvalue weighted by atomic mass is 79.9. The first-order chi connectivity index (χ1) is 8.25. The first-order valence-corrected chi connectivity index (χ1v) is 6.37. The number of ether oxygens (including phenoxy) is 1. The minimum absolute atomic E-state index is 0.159. The van der Waals surface area contributed by atoms with Gasteiger partial charge in [0.05, 0.1) is 0 Å². The lowest BCUT2D eigenvalue weighted by atomic mass is 10.1. The van der Waals surface area contributed by atoms with Crippen LogP contribution in [0.25, 0.3) is 0 Å². The minimum Gasteiger partial charge on any atom is -0.491 e. The van der Waals surface area contributed by atoms with Crippen LogP contribution in [0.1, 0.15) is 24.2 Å². The molecule has 0 atom stereocenters. The second-order valence-electron chi connectivity index (χ2n) is 4.91.